The van der Waals surface area contributed by atoms with Gasteiger partial charge in [-0.25, -0.2) is 0 Å². The average Bonchev–Trinajstić information content (AvgIpc) is 2.88. The number of hydrogen-bond donors (Lipinski definition) is 1. The molecule has 1 aliphatic rings. The van der Waals surface area contributed by atoms with Gasteiger partial charge in [0.1, 0.15) is 0 Å². The predicted octanol–water partition coefficient (Wildman–Crippen LogP) is 4.55. The molecule has 0 bridgehead atoms. The van der Waals surface area contributed by atoms with Crippen LogP contribution in [-0.4, -0.2) is 6.04 Å². The number of fused-ring (bicyclic) bond motifs is 1. The minimum atomic E-state index is 0.409. The third-order valence-electron chi connectivity index (χ3n) is 4.17. The van der Waals surface area contributed by atoms with E-state index in [1.807, 2.05) is 12.1 Å². The Labute approximate surface area is 126 Å². The highest BCUT2D eigenvalue weighted by molar-refractivity contribution is 6.30. The van der Waals surface area contributed by atoms with Crippen molar-refractivity contribution in [1.82, 2.24) is 5.32 Å². The van der Waals surface area contributed by atoms with Gasteiger partial charge in [0.2, 0.25) is 0 Å². The van der Waals surface area contributed by atoms with E-state index in [1.165, 1.54) is 16.7 Å². The van der Waals surface area contributed by atoms with E-state index in [4.69, 9.17) is 11.6 Å². The van der Waals surface area contributed by atoms with Crippen molar-refractivity contribution < 1.29 is 0 Å². The minimum Gasteiger partial charge on any atom is -0.307 e. The molecule has 2 heteroatoms. The molecule has 0 saturated carbocycles. The summed E-state index contributed by atoms with van der Waals surface area (Å²) >= 11 is 5.97. The molecule has 0 amide bonds. The zero-order valence-corrected chi connectivity index (χ0v) is 12.5. The van der Waals surface area contributed by atoms with Crippen LogP contribution in [0.2, 0.25) is 5.02 Å². The zero-order chi connectivity index (χ0) is 13.9. The first kappa shape index (κ1) is 13.7. The largest absolute Gasteiger partial charge is 0.307 e. The molecule has 0 radical (unpaired) electrons. The summed E-state index contributed by atoms with van der Waals surface area (Å²) in [5, 5.41) is 4.61. The maximum atomic E-state index is 5.97. The summed E-state index contributed by atoms with van der Waals surface area (Å²) in [6.45, 7) is 2.23. The highest BCUT2D eigenvalue weighted by Crippen LogP contribution is 2.26. The Morgan fingerprint density at radius 1 is 1.05 bits per heavy atom. The van der Waals surface area contributed by atoms with Crippen LogP contribution in [0.15, 0.2) is 48.5 Å². The normalized spacial score (nSPS) is 16.1. The van der Waals surface area contributed by atoms with Crippen LogP contribution in [0.1, 0.15) is 36.1 Å². The van der Waals surface area contributed by atoms with Gasteiger partial charge in [0.25, 0.3) is 0 Å². The summed E-state index contributed by atoms with van der Waals surface area (Å²) in [7, 11) is 0. The lowest BCUT2D eigenvalue weighted by atomic mass is 10.0. The van der Waals surface area contributed by atoms with E-state index in [0.717, 1.165) is 24.3 Å². The van der Waals surface area contributed by atoms with E-state index < -0.39 is 0 Å². The number of hydrogen-bond acceptors (Lipinski definition) is 1. The van der Waals surface area contributed by atoms with Crippen LogP contribution in [0.25, 0.3) is 0 Å². The zero-order valence-electron chi connectivity index (χ0n) is 11.8. The Morgan fingerprint density at radius 2 is 1.65 bits per heavy atom. The summed E-state index contributed by atoms with van der Waals surface area (Å²) in [6, 6.07) is 17.9. The van der Waals surface area contributed by atoms with Gasteiger partial charge in [-0.15, -0.1) is 0 Å². The Morgan fingerprint density at radius 3 is 2.20 bits per heavy atom. The molecule has 0 aliphatic heterocycles. The standard InChI is InChI=1S/C18H20ClN/c1-2-18(13-7-9-16(19)10-8-13)20-17-11-14-5-3-4-6-15(14)12-17/h3-10,17-18,20H,2,11-12H2,1H3. The molecule has 2 aromatic carbocycles. The molecule has 0 spiro atoms. The van der Waals surface area contributed by atoms with Crippen LogP contribution in [-0.2, 0) is 12.8 Å². The van der Waals surface area contributed by atoms with Gasteiger partial charge in [-0.2, -0.15) is 0 Å². The van der Waals surface area contributed by atoms with Gasteiger partial charge in [0.05, 0.1) is 0 Å². The summed E-state index contributed by atoms with van der Waals surface area (Å²) in [5.74, 6) is 0. The van der Waals surface area contributed by atoms with Gasteiger partial charge < -0.3 is 5.32 Å². The van der Waals surface area contributed by atoms with Gasteiger partial charge in [-0.1, -0.05) is 54.9 Å². The molecular formula is C18H20ClN. The van der Waals surface area contributed by atoms with Crippen molar-refractivity contribution in [3.8, 4) is 0 Å². The third kappa shape index (κ3) is 2.89. The molecule has 1 nitrogen and oxygen atoms in total. The summed E-state index contributed by atoms with van der Waals surface area (Å²) in [6.07, 6.45) is 3.37. The van der Waals surface area contributed by atoms with Crippen molar-refractivity contribution in [2.24, 2.45) is 0 Å². The predicted molar refractivity (Wildman–Crippen MR) is 85.3 cm³/mol. The molecule has 0 saturated heterocycles. The van der Waals surface area contributed by atoms with Gasteiger partial charge in [0, 0.05) is 17.1 Å². The topological polar surface area (TPSA) is 12.0 Å². The Balaban J connectivity index is 1.69. The summed E-state index contributed by atoms with van der Waals surface area (Å²) in [4.78, 5) is 0. The van der Waals surface area contributed by atoms with Crippen LogP contribution in [0.3, 0.4) is 0 Å². The lowest BCUT2D eigenvalue weighted by Gasteiger charge is -2.22. The van der Waals surface area contributed by atoms with Crippen molar-refractivity contribution in [2.75, 3.05) is 0 Å². The SMILES string of the molecule is CCC(NC1Cc2ccccc2C1)c1ccc(Cl)cc1. The van der Waals surface area contributed by atoms with Crippen molar-refractivity contribution in [1.29, 1.82) is 0 Å². The average molecular weight is 286 g/mol. The van der Waals surface area contributed by atoms with Crippen molar-refractivity contribution in [2.45, 2.75) is 38.3 Å². The Bertz CT molecular complexity index is 551. The second kappa shape index (κ2) is 5.99. The van der Waals surface area contributed by atoms with Gasteiger partial charge in [0.15, 0.2) is 0 Å². The Hall–Kier alpha value is -1.31. The summed E-state index contributed by atoms with van der Waals surface area (Å²) < 4.78 is 0. The second-order valence-corrected chi connectivity index (χ2v) is 5.99. The first-order valence-corrected chi connectivity index (χ1v) is 7.72. The molecule has 0 heterocycles. The highest BCUT2D eigenvalue weighted by atomic mass is 35.5. The van der Waals surface area contributed by atoms with E-state index in [2.05, 4.69) is 48.6 Å². The van der Waals surface area contributed by atoms with Crippen molar-refractivity contribution in [3.63, 3.8) is 0 Å². The molecule has 3 rings (SSSR count). The number of benzene rings is 2. The van der Waals surface area contributed by atoms with Crippen LogP contribution in [0.4, 0.5) is 0 Å². The first-order chi connectivity index (χ1) is 9.76. The molecular weight excluding hydrogens is 266 g/mol. The molecule has 1 N–H and O–H groups in total. The maximum absolute atomic E-state index is 5.97. The minimum absolute atomic E-state index is 0.409. The number of nitrogens with one attached hydrogen (secondary N) is 1. The van der Waals surface area contributed by atoms with Crippen LogP contribution >= 0.6 is 11.6 Å². The van der Waals surface area contributed by atoms with Crippen molar-refractivity contribution >= 4 is 11.6 Å². The van der Waals surface area contributed by atoms with Crippen LogP contribution in [0.5, 0.6) is 0 Å². The fraction of sp³-hybridized carbons (Fsp3) is 0.333. The smallest absolute Gasteiger partial charge is 0.0406 e. The van der Waals surface area contributed by atoms with Crippen LogP contribution in [0, 0.1) is 0 Å². The maximum Gasteiger partial charge on any atom is 0.0406 e. The molecule has 2 aromatic rings. The fourth-order valence-corrected chi connectivity index (χ4v) is 3.23. The lowest BCUT2D eigenvalue weighted by molar-refractivity contribution is 0.435. The van der Waals surface area contributed by atoms with Crippen LogP contribution < -0.4 is 5.32 Å². The highest BCUT2D eigenvalue weighted by Gasteiger charge is 2.23. The fourth-order valence-electron chi connectivity index (χ4n) is 3.11. The quantitative estimate of drug-likeness (QED) is 0.869. The molecule has 1 aliphatic carbocycles. The molecule has 0 fully saturated rings. The third-order valence-corrected chi connectivity index (χ3v) is 4.42. The molecule has 1 atom stereocenters. The van der Waals surface area contributed by atoms with E-state index in [9.17, 15) is 0 Å². The monoisotopic (exact) mass is 285 g/mol. The van der Waals surface area contributed by atoms with Gasteiger partial charge in [-0.05, 0) is 48.1 Å². The molecule has 1 unspecified atom stereocenters. The molecule has 104 valence electrons. The molecule has 0 aromatic heterocycles. The van der Waals surface area contributed by atoms with E-state index in [0.29, 0.717) is 12.1 Å². The number of halogens is 1. The van der Waals surface area contributed by atoms with E-state index >= 15 is 0 Å². The molecule has 20 heavy (non-hydrogen) atoms. The van der Waals surface area contributed by atoms with Gasteiger partial charge >= 0.3 is 0 Å². The second-order valence-electron chi connectivity index (χ2n) is 5.55. The lowest BCUT2D eigenvalue weighted by Crippen LogP contribution is -2.33. The number of rotatable bonds is 4. The van der Waals surface area contributed by atoms with Gasteiger partial charge in [-0.3, -0.25) is 0 Å². The van der Waals surface area contributed by atoms with E-state index in [-0.39, 0.29) is 0 Å². The van der Waals surface area contributed by atoms with E-state index in [1.54, 1.807) is 0 Å². The van der Waals surface area contributed by atoms with Crippen molar-refractivity contribution in [3.05, 3.63) is 70.2 Å². The first-order valence-electron chi connectivity index (χ1n) is 7.34. The Kier molecular flexibility index (Phi) is 4.09. The summed E-state index contributed by atoms with van der Waals surface area (Å²) in [5.41, 5.74) is 4.32.